The lowest BCUT2D eigenvalue weighted by atomic mass is 9.81. The number of nitrogens with zero attached hydrogens (tertiary/aromatic N) is 3. The van der Waals surface area contributed by atoms with Gasteiger partial charge in [-0.15, -0.1) is 0 Å². The summed E-state index contributed by atoms with van der Waals surface area (Å²) >= 11 is -1.22. The van der Waals surface area contributed by atoms with Gasteiger partial charge in [-0.2, -0.15) is 0 Å². The number of aliphatic hydroxyl groups is 1. The van der Waals surface area contributed by atoms with Crippen LogP contribution >= 0.6 is 0 Å². The second kappa shape index (κ2) is 17.0. The van der Waals surface area contributed by atoms with E-state index in [1.807, 2.05) is 4.90 Å². The molecule has 3 aliphatic rings. The molecule has 3 atom stereocenters. The number of hydrogen-bond acceptors (Lipinski definition) is 12. The van der Waals surface area contributed by atoms with Crippen LogP contribution in [-0.4, -0.2) is 107 Å². The molecule has 0 radical (unpaired) electrons. The lowest BCUT2D eigenvalue weighted by Crippen LogP contribution is -2.39. The molecule has 0 spiro atoms. The highest BCUT2D eigenvalue weighted by molar-refractivity contribution is 7.90. The van der Waals surface area contributed by atoms with Crippen molar-refractivity contribution in [1.29, 1.82) is 0 Å². The first-order chi connectivity index (χ1) is 26.4. The minimum atomic E-state index is -1.68. The van der Waals surface area contributed by atoms with Gasteiger partial charge in [-0.3, -0.25) is 19.3 Å². The van der Waals surface area contributed by atoms with Gasteiger partial charge < -0.3 is 39.4 Å². The summed E-state index contributed by atoms with van der Waals surface area (Å²) in [6, 6.07) is 7.51. The highest BCUT2D eigenvalue weighted by Gasteiger charge is 2.36. The van der Waals surface area contributed by atoms with Crippen LogP contribution in [0, 0.1) is 12.7 Å². The maximum absolute atomic E-state index is 15.2. The Morgan fingerprint density at radius 2 is 2.00 bits per heavy atom. The molecular formula is C38H40FN5O10S. The zero-order valence-electron chi connectivity index (χ0n) is 30.4. The van der Waals surface area contributed by atoms with Crippen LogP contribution in [0.3, 0.4) is 0 Å². The highest BCUT2D eigenvalue weighted by Crippen LogP contribution is 2.45. The molecule has 17 heteroatoms. The Morgan fingerprint density at radius 1 is 1.24 bits per heavy atom. The number of esters is 1. The molecule has 0 saturated carbocycles. The van der Waals surface area contributed by atoms with Crippen LogP contribution in [-0.2, 0) is 64.1 Å². The molecule has 290 valence electrons. The minimum Gasteiger partial charge on any atom is -0.617 e. The summed E-state index contributed by atoms with van der Waals surface area (Å²) in [6.45, 7) is 0.989. The summed E-state index contributed by atoms with van der Waals surface area (Å²) in [7, 11) is 1.78. The van der Waals surface area contributed by atoms with Crippen molar-refractivity contribution in [3.63, 3.8) is 0 Å². The van der Waals surface area contributed by atoms with Crippen molar-refractivity contribution in [3.8, 4) is 0 Å². The van der Waals surface area contributed by atoms with Crippen molar-refractivity contribution in [2.75, 3.05) is 50.9 Å². The van der Waals surface area contributed by atoms with Gasteiger partial charge in [-0.05, 0) is 60.2 Å². The smallest absolute Gasteiger partial charge is 0.412 e. The molecule has 15 nitrogen and oxygen atoms in total. The molecule has 0 saturated heterocycles. The Kier molecular flexibility index (Phi) is 12.1. The number of benzene rings is 2. The molecule has 3 aromatic rings. The largest absolute Gasteiger partial charge is 0.617 e. The van der Waals surface area contributed by atoms with Crippen molar-refractivity contribution >= 4 is 64.1 Å². The number of hydrogen-bond donors (Lipinski definition) is 3. The average Bonchev–Trinajstić information content (AvgIpc) is 3.47. The summed E-state index contributed by atoms with van der Waals surface area (Å²) in [5.74, 6) is -1.63. The molecule has 1 aromatic heterocycles. The number of fused-ring (bicyclic) bond motifs is 2. The van der Waals surface area contributed by atoms with E-state index < -0.39 is 53.7 Å². The van der Waals surface area contributed by atoms with Crippen LogP contribution in [0.2, 0.25) is 0 Å². The Bertz CT molecular complexity index is 2090. The van der Waals surface area contributed by atoms with Crippen molar-refractivity contribution in [2.24, 2.45) is 0 Å². The van der Waals surface area contributed by atoms with Crippen molar-refractivity contribution in [1.82, 2.24) is 20.1 Å². The van der Waals surface area contributed by atoms with Crippen molar-refractivity contribution in [2.45, 2.75) is 45.1 Å². The number of pyridine rings is 1. The highest BCUT2D eigenvalue weighted by atomic mass is 32.2. The number of ether oxygens (including phenoxy) is 3. The van der Waals surface area contributed by atoms with Gasteiger partial charge in [-0.1, -0.05) is 23.3 Å². The monoisotopic (exact) mass is 777 g/mol. The third-order valence-electron chi connectivity index (χ3n) is 9.78. The van der Waals surface area contributed by atoms with Gasteiger partial charge in [0.1, 0.15) is 44.4 Å². The molecule has 2 aliphatic heterocycles. The normalized spacial score (nSPS) is 18.8. The summed E-state index contributed by atoms with van der Waals surface area (Å²) in [5.41, 5.74) is 5.54. The molecule has 6 rings (SSSR count). The van der Waals surface area contributed by atoms with E-state index in [-0.39, 0.29) is 43.4 Å². The fourth-order valence-corrected chi connectivity index (χ4v) is 7.42. The van der Waals surface area contributed by atoms with E-state index in [1.165, 1.54) is 23.3 Å². The van der Waals surface area contributed by atoms with Crippen LogP contribution in [0.25, 0.3) is 16.6 Å². The second-order valence-corrected chi connectivity index (χ2v) is 14.9. The molecule has 0 fully saturated rings. The maximum Gasteiger partial charge on any atom is 0.412 e. The molecule has 2 unspecified atom stereocenters. The number of aryl methyl sites for hydroxylation is 1. The quantitative estimate of drug-likeness (QED) is 0.0937. The van der Waals surface area contributed by atoms with E-state index in [4.69, 9.17) is 19.2 Å². The lowest BCUT2D eigenvalue weighted by Gasteiger charge is -2.30. The summed E-state index contributed by atoms with van der Waals surface area (Å²) < 4.78 is 43.1. The van der Waals surface area contributed by atoms with Crippen LogP contribution in [0.15, 0.2) is 47.6 Å². The van der Waals surface area contributed by atoms with E-state index in [2.05, 4.69) is 10.6 Å². The minimum absolute atomic E-state index is 0.0506. The Balaban J connectivity index is 1.21. The van der Waals surface area contributed by atoms with Crippen LogP contribution in [0.1, 0.15) is 46.0 Å². The summed E-state index contributed by atoms with van der Waals surface area (Å²) in [5, 5.41) is 16.9. The number of halogens is 1. The maximum atomic E-state index is 15.2. The van der Waals surface area contributed by atoms with Gasteiger partial charge >= 0.3 is 12.1 Å². The predicted octanol–water partition coefficient (Wildman–Crippen LogP) is 2.55. The van der Waals surface area contributed by atoms with Crippen molar-refractivity contribution < 1.29 is 52.2 Å². The van der Waals surface area contributed by atoms with E-state index in [1.54, 1.807) is 38.2 Å². The molecule has 3 heterocycles. The SMILES string of the molecule is Cc1c(F)cc2nc3c(c4c2c1CC[C@@H]4NC(=O)COCN(CC[S+](C)[O-])C(=O)OCc1ccc(NC=O)cc1)CN(C)/C3=C\C1=C(C=O)COC(=O)C1O. The Labute approximate surface area is 318 Å². The van der Waals surface area contributed by atoms with Gasteiger partial charge in [0.2, 0.25) is 12.3 Å². The summed E-state index contributed by atoms with van der Waals surface area (Å²) in [4.78, 5) is 69.0. The van der Waals surface area contributed by atoms with Gasteiger partial charge in [0.05, 0.1) is 35.8 Å². The third kappa shape index (κ3) is 8.49. The topological polar surface area (TPSA) is 200 Å². The molecule has 2 aromatic carbocycles. The fraction of sp³-hybridized carbons (Fsp3) is 0.368. The zero-order valence-corrected chi connectivity index (χ0v) is 31.2. The number of carbonyl (C=O) groups is 5. The molecule has 3 N–H and O–H groups in total. The second-order valence-electron chi connectivity index (χ2n) is 13.4. The number of aromatic nitrogens is 1. The molecule has 1 aliphatic carbocycles. The molecule has 3 amide bonds. The van der Waals surface area contributed by atoms with E-state index in [9.17, 15) is 33.6 Å². The third-order valence-corrected chi connectivity index (χ3v) is 10.5. The molecular weight excluding hydrogens is 738 g/mol. The first kappa shape index (κ1) is 39.3. The van der Waals surface area contributed by atoms with Gasteiger partial charge in [0, 0.05) is 47.4 Å². The lowest BCUT2D eigenvalue weighted by molar-refractivity contribution is -0.152. The number of nitrogens with one attached hydrogen (secondary N) is 2. The fourth-order valence-electron chi connectivity index (χ4n) is 6.94. The number of aldehydes is 1. The predicted molar refractivity (Wildman–Crippen MR) is 198 cm³/mol. The zero-order chi connectivity index (χ0) is 39.4. The van der Waals surface area contributed by atoms with E-state index in [0.29, 0.717) is 65.8 Å². The number of cyclic esters (lactones) is 1. The Morgan fingerprint density at radius 3 is 2.71 bits per heavy atom. The molecule has 55 heavy (non-hydrogen) atoms. The number of rotatable bonds is 14. The molecule has 0 bridgehead atoms. The summed E-state index contributed by atoms with van der Waals surface area (Å²) in [6.07, 6.45) is 2.60. The van der Waals surface area contributed by atoms with Gasteiger partial charge in [0.15, 0.2) is 6.10 Å². The average molecular weight is 778 g/mol. The number of anilines is 1. The number of aliphatic hydroxyl groups excluding tert-OH is 1. The van der Waals surface area contributed by atoms with E-state index in [0.717, 1.165) is 22.1 Å². The van der Waals surface area contributed by atoms with E-state index >= 15 is 4.39 Å². The first-order valence-corrected chi connectivity index (χ1v) is 19.1. The van der Waals surface area contributed by atoms with Crippen LogP contribution in [0.4, 0.5) is 14.9 Å². The van der Waals surface area contributed by atoms with Gasteiger partial charge in [-0.25, -0.2) is 19.0 Å². The first-order valence-electron chi connectivity index (χ1n) is 17.4. The van der Waals surface area contributed by atoms with Crippen molar-refractivity contribution in [3.05, 3.63) is 86.9 Å². The van der Waals surface area contributed by atoms with Gasteiger partial charge in [0.25, 0.3) is 0 Å². The van der Waals surface area contributed by atoms with Crippen LogP contribution in [0.5, 0.6) is 0 Å². The van der Waals surface area contributed by atoms with Crippen LogP contribution < -0.4 is 10.6 Å². The number of amides is 3. The number of carbonyl (C=O) groups excluding carboxylic acids is 5. The standard InChI is InChI=1S/C38H40FN5O10S/c1-21-25-8-9-29(41-32(47)18-52-20-44(10-11-55(3)51)38(50)54-16-22-4-6-24(7-5-22)40-19-46)34-27-14-43(2)31(35(27)42-30(33(25)34)13-28(21)39)12-26-23(15-45)17-53-37(49)36(26)48/h4-7,12-13,15,19,29,36,48H,8-11,14,16-18,20H2,1-3H3,(H,40,46)(H,41,47)/b31-12-/t29-,36?,55?/m0/s1. The Hall–Kier alpha value is -5.36.